The van der Waals surface area contributed by atoms with Crippen molar-refractivity contribution in [2.75, 3.05) is 18.6 Å². The van der Waals surface area contributed by atoms with Gasteiger partial charge in [-0.3, -0.25) is 10.1 Å². The van der Waals surface area contributed by atoms with Crippen molar-refractivity contribution in [1.29, 1.82) is 0 Å². The molecule has 0 radical (unpaired) electrons. The molecule has 1 aromatic rings. The van der Waals surface area contributed by atoms with Crippen molar-refractivity contribution in [3.05, 3.63) is 28.3 Å². The van der Waals surface area contributed by atoms with E-state index in [0.29, 0.717) is 6.61 Å². The third-order valence-electron chi connectivity index (χ3n) is 2.94. The van der Waals surface area contributed by atoms with Crippen molar-refractivity contribution in [2.45, 2.75) is 26.3 Å². The lowest BCUT2D eigenvalue weighted by molar-refractivity contribution is -0.385. The molecular formula is C13H18N2O5. The van der Waals surface area contributed by atoms with Gasteiger partial charge in [0, 0.05) is 7.05 Å². The lowest BCUT2D eigenvalue weighted by Crippen LogP contribution is -2.36. The molecule has 0 saturated heterocycles. The molecule has 1 atom stereocenters. The van der Waals surface area contributed by atoms with Gasteiger partial charge in [0.2, 0.25) is 0 Å². The Hall–Kier alpha value is -2.31. The minimum atomic E-state index is -1.05. The number of carboxylic acid groups (broad SMARTS) is 1. The van der Waals surface area contributed by atoms with Crippen LogP contribution in [0.4, 0.5) is 11.4 Å². The Bertz CT molecular complexity index is 504. The lowest BCUT2D eigenvalue weighted by atomic mass is 10.2. The van der Waals surface area contributed by atoms with Crippen molar-refractivity contribution >= 4 is 17.3 Å². The van der Waals surface area contributed by atoms with Gasteiger partial charge in [-0.1, -0.05) is 13.0 Å². The number of hydrogen-bond donors (Lipinski definition) is 1. The van der Waals surface area contributed by atoms with Crippen LogP contribution in [0.1, 0.15) is 20.3 Å². The van der Waals surface area contributed by atoms with E-state index in [1.807, 2.05) is 6.92 Å². The Kier molecular flexibility index (Phi) is 5.31. The summed E-state index contributed by atoms with van der Waals surface area (Å²) in [5, 5.41) is 20.3. The molecule has 0 heterocycles. The molecule has 110 valence electrons. The van der Waals surface area contributed by atoms with Crippen LogP contribution < -0.4 is 9.64 Å². The SMILES string of the molecule is CCCOc1cccc(N(C)C(C)C(=O)O)c1[N+](=O)[O-]. The second-order valence-electron chi connectivity index (χ2n) is 4.35. The van der Waals surface area contributed by atoms with Gasteiger partial charge >= 0.3 is 11.7 Å². The number of benzene rings is 1. The van der Waals surface area contributed by atoms with E-state index in [-0.39, 0.29) is 17.1 Å². The number of carboxylic acids is 1. The maximum absolute atomic E-state index is 11.3. The highest BCUT2D eigenvalue weighted by Gasteiger charge is 2.27. The first-order valence-corrected chi connectivity index (χ1v) is 6.26. The fourth-order valence-electron chi connectivity index (χ4n) is 1.68. The lowest BCUT2D eigenvalue weighted by Gasteiger charge is -2.23. The van der Waals surface area contributed by atoms with Gasteiger partial charge in [-0.2, -0.15) is 0 Å². The number of carbonyl (C=O) groups is 1. The Balaban J connectivity index is 3.25. The molecule has 0 saturated carbocycles. The molecule has 0 fully saturated rings. The number of rotatable bonds is 7. The predicted molar refractivity (Wildman–Crippen MR) is 74.4 cm³/mol. The molecule has 0 spiro atoms. The minimum Gasteiger partial charge on any atom is -0.487 e. The van der Waals surface area contributed by atoms with Crippen LogP contribution in [0.15, 0.2) is 18.2 Å². The van der Waals surface area contributed by atoms with Crippen LogP contribution in [0, 0.1) is 10.1 Å². The van der Waals surface area contributed by atoms with Crippen molar-refractivity contribution in [3.63, 3.8) is 0 Å². The number of nitro groups is 1. The first-order chi connectivity index (χ1) is 9.40. The molecule has 1 unspecified atom stereocenters. The maximum Gasteiger partial charge on any atom is 0.333 e. The zero-order valence-electron chi connectivity index (χ0n) is 11.7. The second-order valence-corrected chi connectivity index (χ2v) is 4.35. The van der Waals surface area contributed by atoms with Crippen LogP contribution in [-0.4, -0.2) is 35.7 Å². The Morgan fingerprint density at radius 1 is 1.55 bits per heavy atom. The summed E-state index contributed by atoms with van der Waals surface area (Å²) in [4.78, 5) is 23.1. The van der Waals surface area contributed by atoms with Gasteiger partial charge in [-0.25, -0.2) is 4.79 Å². The monoisotopic (exact) mass is 282 g/mol. The smallest absolute Gasteiger partial charge is 0.333 e. The van der Waals surface area contributed by atoms with E-state index < -0.39 is 16.9 Å². The van der Waals surface area contributed by atoms with E-state index in [2.05, 4.69) is 0 Å². The van der Waals surface area contributed by atoms with E-state index in [1.165, 1.54) is 31.0 Å². The van der Waals surface area contributed by atoms with Gasteiger partial charge in [0.1, 0.15) is 11.7 Å². The van der Waals surface area contributed by atoms with Crippen LogP contribution >= 0.6 is 0 Å². The molecule has 20 heavy (non-hydrogen) atoms. The van der Waals surface area contributed by atoms with Gasteiger partial charge < -0.3 is 14.7 Å². The zero-order chi connectivity index (χ0) is 15.3. The van der Waals surface area contributed by atoms with Gasteiger partial charge in [-0.05, 0) is 25.5 Å². The number of aliphatic carboxylic acids is 1. The molecule has 1 aromatic carbocycles. The van der Waals surface area contributed by atoms with E-state index in [1.54, 1.807) is 6.07 Å². The van der Waals surface area contributed by atoms with Crippen LogP contribution in [-0.2, 0) is 4.79 Å². The van der Waals surface area contributed by atoms with Crippen molar-refractivity contribution in [2.24, 2.45) is 0 Å². The predicted octanol–water partition coefficient (Wildman–Crippen LogP) is 2.29. The van der Waals surface area contributed by atoms with Crippen molar-refractivity contribution < 1.29 is 19.6 Å². The van der Waals surface area contributed by atoms with E-state index in [9.17, 15) is 14.9 Å². The van der Waals surface area contributed by atoms with Gasteiger partial charge in [-0.15, -0.1) is 0 Å². The number of anilines is 1. The first kappa shape index (κ1) is 15.7. The molecule has 7 heteroatoms. The summed E-state index contributed by atoms with van der Waals surface area (Å²) in [6.45, 7) is 3.72. The van der Waals surface area contributed by atoms with Crippen LogP contribution in [0.3, 0.4) is 0 Å². The second kappa shape index (κ2) is 6.74. The Morgan fingerprint density at radius 2 is 2.20 bits per heavy atom. The number of hydrogen-bond acceptors (Lipinski definition) is 5. The van der Waals surface area contributed by atoms with Gasteiger partial charge in [0.25, 0.3) is 0 Å². The molecule has 1 rings (SSSR count). The highest BCUT2D eigenvalue weighted by Crippen LogP contribution is 2.37. The molecule has 0 bridgehead atoms. The molecule has 0 aromatic heterocycles. The normalized spacial score (nSPS) is 11.8. The van der Waals surface area contributed by atoms with E-state index in [0.717, 1.165) is 6.42 Å². The average molecular weight is 282 g/mol. The third kappa shape index (κ3) is 3.37. The third-order valence-corrected chi connectivity index (χ3v) is 2.94. The summed E-state index contributed by atoms with van der Waals surface area (Å²) >= 11 is 0. The summed E-state index contributed by atoms with van der Waals surface area (Å²) in [6, 6.07) is 3.75. The molecule has 0 amide bonds. The topological polar surface area (TPSA) is 92.9 Å². The molecular weight excluding hydrogens is 264 g/mol. The summed E-state index contributed by atoms with van der Waals surface area (Å²) < 4.78 is 5.36. The van der Waals surface area contributed by atoms with Crippen LogP contribution in [0.25, 0.3) is 0 Å². The minimum absolute atomic E-state index is 0.152. The molecule has 0 aliphatic heterocycles. The number of ether oxygens (including phenoxy) is 1. The molecule has 0 aliphatic rings. The van der Waals surface area contributed by atoms with Gasteiger partial charge in [0.05, 0.1) is 11.5 Å². The zero-order valence-corrected chi connectivity index (χ0v) is 11.7. The van der Waals surface area contributed by atoms with Crippen LogP contribution in [0.5, 0.6) is 5.75 Å². The fourth-order valence-corrected chi connectivity index (χ4v) is 1.68. The van der Waals surface area contributed by atoms with Crippen LogP contribution in [0.2, 0.25) is 0 Å². The quantitative estimate of drug-likeness (QED) is 0.609. The number of nitrogens with zero attached hydrogens (tertiary/aromatic N) is 2. The average Bonchev–Trinajstić information content (AvgIpc) is 2.42. The molecule has 0 aliphatic carbocycles. The number of nitro benzene ring substituents is 1. The first-order valence-electron chi connectivity index (χ1n) is 6.26. The van der Waals surface area contributed by atoms with Gasteiger partial charge in [0.15, 0.2) is 5.75 Å². The summed E-state index contributed by atoms with van der Waals surface area (Å²) in [5.41, 5.74) is 0.00931. The molecule has 7 nitrogen and oxygen atoms in total. The maximum atomic E-state index is 11.3. The summed E-state index contributed by atoms with van der Waals surface area (Å²) in [7, 11) is 1.50. The highest BCUT2D eigenvalue weighted by atomic mass is 16.6. The van der Waals surface area contributed by atoms with E-state index >= 15 is 0 Å². The largest absolute Gasteiger partial charge is 0.487 e. The summed E-state index contributed by atoms with van der Waals surface area (Å²) in [5.74, 6) is -0.902. The number of likely N-dealkylation sites (N-methyl/N-ethyl adjacent to an activating group) is 1. The van der Waals surface area contributed by atoms with E-state index in [4.69, 9.17) is 9.84 Å². The van der Waals surface area contributed by atoms with Crippen molar-refractivity contribution in [1.82, 2.24) is 0 Å². The fraction of sp³-hybridized carbons (Fsp3) is 0.462. The standard InChI is InChI=1S/C13H18N2O5/c1-4-8-20-11-7-5-6-10(12(11)15(18)19)14(3)9(2)13(16)17/h5-7,9H,4,8H2,1-3H3,(H,16,17). The molecule has 1 N–H and O–H groups in total. The number of para-hydroxylation sites is 1. The summed E-state index contributed by atoms with van der Waals surface area (Å²) in [6.07, 6.45) is 0.725. The Morgan fingerprint density at radius 3 is 2.70 bits per heavy atom. The highest BCUT2D eigenvalue weighted by molar-refractivity contribution is 5.80. The van der Waals surface area contributed by atoms with Crippen molar-refractivity contribution in [3.8, 4) is 5.75 Å². The Labute approximate surface area is 116 Å².